The van der Waals surface area contributed by atoms with E-state index < -0.39 is 0 Å². The normalized spacial score (nSPS) is 17.4. The third-order valence-corrected chi connectivity index (χ3v) is 3.43. The van der Waals surface area contributed by atoms with Gasteiger partial charge in [-0.05, 0) is 11.5 Å². The predicted molar refractivity (Wildman–Crippen MR) is 73.8 cm³/mol. The zero-order valence-electron chi connectivity index (χ0n) is 11.3. The third-order valence-electron chi connectivity index (χ3n) is 3.43. The lowest BCUT2D eigenvalue weighted by Gasteiger charge is -2.34. The highest BCUT2D eigenvalue weighted by atomic mass is 15.3. The molecular weight excluding hydrogens is 226 g/mol. The van der Waals surface area contributed by atoms with E-state index in [9.17, 15) is 0 Å². The smallest absolute Gasteiger partial charge is 0.225 e. The number of aromatic nitrogens is 2. The molecule has 5 nitrogen and oxygen atoms in total. The van der Waals surface area contributed by atoms with Crippen molar-refractivity contribution in [2.45, 2.75) is 19.8 Å². The first-order valence-corrected chi connectivity index (χ1v) is 6.70. The van der Waals surface area contributed by atoms with Gasteiger partial charge >= 0.3 is 0 Å². The van der Waals surface area contributed by atoms with Crippen molar-refractivity contribution in [3.63, 3.8) is 0 Å². The van der Waals surface area contributed by atoms with Gasteiger partial charge in [0.1, 0.15) is 0 Å². The van der Waals surface area contributed by atoms with Crippen LogP contribution in [0.25, 0.3) is 0 Å². The second-order valence-corrected chi connectivity index (χ2v) is 5.09. The fraction of sp³-hybridized carbons (Fsp3) is 0.692. The van der Waals surface area contributed by atoms with E-state index in [1.165, 1.54) is 5.56 Å². The molecule has 0 aliphatic carbocycles. The largest absolute Gasteiger partial charge is 0.338 e. The molecule has 2 heterocycles. The number of hydrogen-bond acceptors (Lipinski definition) is 5. The van der Waals surface area contributed by atoms with Gasteiger partial charge in [0.15, 0.2) is 0 Å². The van der Waals surface area contributed by atoms with Crippen molar-refractivity contribution < 1.29 is 0 Å². The van der Waals surface area contributed by atoms with Gasteiger partial charge in [-0.3, -0.25) is 4.90 Å². The molecule has 1 aromatic heterocycles. The van der Waals surface area contributed by atoms with Gasteiger partial charge in [0.05, 0.1) is 0 Å². The van der Waals surface area contributed by atoms with E-state index in [4.69, 9.17) is 5.73 Å². The van der Waals surface area contributed by atoms with Crippen LogP contribution in [0.15, 0.2) is 12.4 Å². The molecule has 5 heteroatoms. The second-order valence-electron chi connectivity index (χ2n) is 5.09. The SMILES string of the molecule is CC(C)c1cnc(N2CCN(CCN)CC2)nc1. The maximum atomic E-state index is 5.57. The van der Waals surface area contributed by atoms with Crippen molar-refractivity contribution in [3.8, 4) is 0 Å². The number of hydrogen-bond donors (Lipinski definition) is 1. The Kier molecular flexibility index (Phi) is 4.49. The molecule has 0 aromatic carbocycles. The first-order chi connectivity index (χ1) is 8.70. The van der Waals surface area contributed by atoms with E-state index in [0.29, 0.717) is 5.92 Å². The molecule has 0 saturated carbocycles. The molecule has 2 N–H and O–H groups in total. The van der Waals surface area contributed by atoms with Crippen LogP contribution in [0, 0.1) is 0 Å². The summed E-state index contributed by atoms with van der Waals surface area (Å²) in [4.78, 5) is 13.6. The van der Waals surface area contributed by atoms with Crippen molar-refractivity contribution in [1.82, 2.24) is 14.9 Å². The Bertz CT molecular complexity index is 354. The Balaban J connectivity index is 1.93. The van der Waals surface area contributed by atoms with Gasteiger partial charge in [-0.25, -0.2) is 9.97 Å². The minimum Gasteiger partial charge on any atom is -0.338 e. The summed E-state index contributed by atoms with van der Waals surface area (Å²) in [6.45, 7) is 10.1. The van der Waals surface area contributed by atoms with Gasteiger partial charge in [0.2, 0.25) is 5.95 Å². The molecule has 100 valence electrons. The topological polar surface area (TPSA) is 58.3 Å². The van der Waals surface area contributed by atoms with Crippen LogP contribution in [0.1, 0.15) is 25.3 Å². The second kappa shape index (κ2) is 6.11. The zero-order chi connectivity index (χ0) is 13.0. The highest BCUT2D eigenvalue weighted by Gasteiger charge is 2.18. The average Bonchev–Trinajstić information content (AvgIpc) is 2.40. The van der Waals surface area contributed by atoms with E-state index in [1.54, 1.807) is 0 Å². The summed E-state index contributed by atoms with van der Waals surface area (Å²) in [5.41, 5.74) is 6.77. The van der Waals surface area contributed by atoms with Gasteiger partial charge < -0.3 is 10.6 Å². The van der Waals surface area contributed by atoms with E-state index in [-0.39, 0.29) is 0 Å². The fourth-order valence-corrected chi connectivity index (χ4v) is 2.15. The molecule has 0 unspecified atom stereocenters. The number of nitrogens with two attached hydrogens (primary N) is 1. The van der Waals surface area contributed by atoms with Crippen LogP contribution >= 0.6 is 0 Å². The van der Waals surface area contributed by atoms with Crippen LogP contribution in [0.2, 0.25) is 0 Å². The Morgan fingerprint density at radius 2 is 1.78 bits per heavy atom. The summed E-state index contributed by atoms with van der Waals surface area (Å²) in [6, 6.07) is 0. The van der Waals surface area contributed by atoms with Crippen LogP contribution in [0.4, 0.5) is 5.95 Å². The van der Waals surface area contributed by atoms with Gasteiger partial charge in [-0.1, -0.05) is 13.8 Å². The summed E-state index contributed by atoms with van der Waals surface area (Å²) >= 11 is 0. The predicted octanol–water partition coefficient (Wildman–Crippen LogP) is 0.681. The fourth-order valence-electron chi connectivity index (χ4n) is 2.15. The Morgan fingerprint density at radius 1 is 1.17 bits per heavy atom. The van der Waals surface area contributed by atoms with E-state index in [0.717, 1.165) is 45.2 Å². The Morgan fingerprint density at radius 3 is 2.28 bits per heavy atom. The van der Waals surface area contributed by atoms with Gasteiger partial charge in [0.25, 0.3) is 0 Å². The molecule has 1 fully saturated rings. The van der Waals surface area contributed by atoms with Crippen molar-refractivity contribution in [2.24, 2.45) is 5.73 Å². The highest BCUT2D eigenvalue weighted by Crippen LogP contribution is 2.15. The zero-order valence-corrected chi connectivity index (χ0v) is 11.3. The Labute approximate surface area is 109 Å². The first-order valence-electron chi connectivity index (χ1n) is 6.70. The molecule has 2 rings (SSSR count). The molecule has 0 spiro atoms. The molecule has 0 atom stereocenters. The molecule has 1 aliphatic heterocycles. The molecule has 0 amide bonds. The van der Waals surface area contributed by atoms with Crippen LogP contribution in [-0.2, 0) is 0 Å². The van der Waals surface area contributed by atoms with Crippen molar-refractivity contribution >= 4 is 5.95 Å². The average molecular weight is 249 g/mol. The van der Waals surface area contributed by atoms with E-state index in [2.05, 4.69) is 33.6 Å². The molecule has 1 saturated heterocycles. The molecule has 0 radical (unpaired) electrons. The minimum absolute atomic E-state index is 0.487. The van der Waals surface area contributed by atoms with Gasteiger partial charge in [0, 0.05) is 51.7 Å². The standard InChI is InChI=1S/C13H23N5/c1-11(2)12-9-15-13(16-10-12)18-7-5-17(4-3-14)6-8-18/h9-11H,3-8,14H2,1-2H3. The monoisotopic (exact) mass is 249 g/mol. The van der Waals surface area contributed by atoms with Crippen LogP contribution in [0.3, 0.4) is 0 Å². The molecule has 1 aliphatic rings. The highest BCUT2D eigenvalue weighted by molar-refractivity contribution is 5.31. The quantitative estimate of drug-likeness (QED) is 0.850. The van der Waals surface area contributed by atoms with E-state index in [1.807, 2.05) is 12.4 Å². The third kappa shape index (κ3) is 3.17. The summed E-state index contributed by atoms with van der Waals surface area (Å²) in [6.07, 6.45) is 3.89. The Hall–Kier alpha value is -1.20. The van der Waals surface area contributed by atoms with Crippen molar-refractivity contribution in [2.75, 3.05) is 44.2 Å². The lowest BCUT2D eigenvalue weighted by molar-refractivity contribution is 0.263. The maximum Gasteiger partial charge on any atom is 0.225 e. The maximum absolute atomic E-state index is 5.57. The van der Waals surface area contributed by atoms with Crippen LogP contribution in [0.5, 0.6) is 0 Å². The number of nitrogens with zero attached hydrogens (tertiary/aromatic N) is 4. The summed E-state index contributed by atoms with van der Waals surface area (Å²) in [7, 11) is 0. The molecular formula is C13H23N5. The number of rotatable bonds is 4. The molecule has 1 aromatic rings. The van der Waals surface area contributed by atoms with Crippen molar-refractivity contribution in [1.29, 1.82) is 0 Å². The van der Waals surface area contributed by atoms with Crippen molar-refractivity contribution in [3.05, 3.63) is 18.0 Å². The summed E-state index contributed by atoms with van der Waals surface area (Å²) in [5, 5.41) is 0. The van der Waals surface area contributed by atoms with Crippen LogP contribution in [-0.4, -0.2) is 54.1 Å². The lowest BCUT2D eigenvalue weighted by Crippen LogP contribution is -2.48. The number of anilines is 1. The van der Waals surface area contributed by atoms with Crippen LogP contribution < -0.4 is 10.6 Å². The van der Waals surface area contributed by atoms with E-state index >= 15 is 0 Å². The molecule has 0 bridgehead atoms. The first kappa shape index (κ1) is 13.2. The lowest BCUT2D eigenvalue weighted by atomic mass is 10.1. The van der Waals surface area contributed by atoms with Gasteiger partial charge in [-0.2, -0.15) is 0 Å². The summed E-state index contributed by atoms with van der Waals surface area (Å²) in [5.74, 6) is 1.34. The molecule has 18 heavy (non-hydrogen) atoms. The number of piperazine rings is 1. The summed E-state index contributed by atoms with van der Waals surface area (Å²) < 4.78 is 0. The van der Waals surface area contributed by atoms with Gasteiger partial charge in [-0.15, -0.1) is 0 Å². The minimum atomic E-state index is 0.487.